The number of amides is 2. The molecule has 5 nitrogen and oxygen atoms in total. The van der Waals surface area contributed by atoms with E-state index in [4.69, 9.17) is 4.74 Å². The van der Waals surface area contributed by atoms with Crippen LogP contribution in [0.2, 0.25) is 0 Å². The largest absolute Gasteiger partial charge is 0.484 e. The summed E-state index contributed by atoms with van der Waals surface area (Å²) in [6.07, 6.45) is 0. The zero-order valence-corrected chi connectivity index (χ0v) is 16.5. The van der Waals surface area contributed by atoms with Crippen molar-refractivity contribution >= 4 is 28.9 Å². The summed E-state index contributed by atoms with van der Waals surface area (Å²) in [5.41, 5.74) is 2.17. The van der Waals surface area contributed by atoms with E-state index >= 15 is 0 Å². The summed E-state index contributed by atoms with van der Waals surface area (Å²) in [5, 5.41) is 2.83. The Balaban J connectivity index is 1.73. The minimum absolute atomic E-state index is 0.0717. The number of carbonyl (C=O) groups is 2. The molecule has 148 valence electrons. The first kappa shape index (κ1) is 20.1. The summed E-state index contributed by atoms with van der Waals surface area (Å²) in [4.78, 5) is 26.5. The van der Waals surface area contributed by atoms with Gasteiger partial charge in [-0.3, -0.25) is 14.5 Å². The molecule has 29 heavy (non-hydrogen) atoms. The standard InChI is InChI=1S/C24H24N2O3/c1-18(2)24(28)25-19-10-9-15-22(16-19)29-17-23(27)26(20-11-5-3-6-12-20)21-13-7-4-8-14-21/h3-16,18H,17H2,1-2H3,(H,25,28). The third-order valence-corrected chi connectivity index (χ3v) is 4.27. The molecule has 0 fully saturated rings. The molecule has 0 radical (unpaired) electrons. The maximum Gasteiger partial charge on any atom is 0.269 e. The molecule has 0 spiro atoms. The van der Waals surface area contributed by atoms with Crippen LogP contribution in [0.1, 0.15) is 13.8 Å². The molecular formula is C24H24N2O3. The van der Waals surface area contributed by atoms with Crippen LogP contribution in [-0.4, -0.2) is 18.4 Å². The fourth-order valence-corrected chi connectivity index (χ4v) is 2.75. The van der Waals surface area contributed by atoms with Crippen molar-refractivity contribution in [3.8, 4) is 5.75 Å². The van der Waals surface area contributed by atoms with Gasteiger partial charge in [-0.1, -0.05) is 56.3 Å². The van der Waals surface area contributed by atoms with Crippen molar-refractivity contribution in [3.05, 3.63) is 84.9 Å². The van der Waals surface area contributed by atoms with Gasteiger partial charge < -0.3 is 10.1 Å². The number of nitrogens with one attached hydrogen (secondary N) is 1. The van der Waals surface area contributed by atoms with E-state index in [9.17, 15) is 9.59 Å². The second kappa shape index (κ2) is 9.55. The summed E-state index contributed by atoms with van der Waals surface area (Å²) in [6, 6.07) is 25.9. The molecule has 0 atom stereocenters. The number of hydrogen-bond acceptors (Lipinski definition) is 3. The Labute approximate surface area is 170 Å². The van der Waals surface area contributed by atoms with Gasteiger partial charge in [0.15, 0.2) is 6.61 Å². The van der Waals surface area contributed by atoms with Gasteiger partial charge in [0.2, 0.25) is 5.91 Å². The molecule has 0 saturated carbocycles. The van der Waals surface area contributed by atoms with Gasteiger partial charge in [0, 0.05) is 29.0 Å². The number of benzene rings is 3. The summed E-state index contributed by atoms with van der Waals surface area (Å²) >= 11 is 0. The molecule has 0 bridgehead atoms. The molecule has 3 aromatic rings. The van der Waals surface area contributed by atoms with Crippen LogP contribution in [0.3, 0.4) is 0 Å². The van der Waals surface area contributed by atoms with Crippen LogP contribution >= 0.6 is 0 Å². The first-order valence-electron chi connectivity index (χ1n) is 9.51. The van der Waals surface area contributed by atoms with E-state index in [1.54, 1.807) is 29.2 Å². The SMILES string of the molecule is CC(C)C(=O)Nc1cccc(OCC(=O)N(c2ccccc2)c2ccccc2)c1. The van der Waals surface area contributed by atoms with Crippen LogP contribution in [0.25, 0.3) is 0 Å². The molecule has 0 saturated heterocycles. The molecule has 5 heteroatoms. The summed E-state index contributed by atoms with van der Waals surface area (Å²) in [6.45, 7) is 3.53. The van der Waals surface area contributed by atoms with Gasteiger partial charge in [0.25, 0.3) is 5.91 Å². The Kier molecular flexibility index (Phi) is 6.63. The average molecular weight is 388 g/mol. The van der Waals surface area contributed by atoms with Gasteiger partial charge in [-0.15, -0.1) is 0 Å². The van der Waals surface area contributed by atoms with Crippen molar-refractivity contribution in [3.63, 3.8) is 0 Å². The Hall–Kier alpha value is -3.60. The maximum atomic E-state index is 13.0. The molecule has 0 aromatic heterocycles. The maximum absolute atomic E-state index is 13.0. The van der Waals surface area contributed by atoms with E-state index in [2.05, 4.69) is 5.32 Å². The lowest BCUT2D eigenvalue weighted by atomic mass is 10.2. The first-order valence-corrected chi connectivity index (χ1v) is 9.51. The fourth-order valence-electron chi connectivity index (χ4n) is 2.75. The molecule has 0 aliphatic carbocycles. The zero-order chi connectivity index (χ0) is 20.6. The molecule has 0 aliphatic heterocycles. The number of rotatable bonds is 7. The van der Waals surface area contributed by atoms with Crippen LogP contribution in [-0.2, 0) is 9.59 Å². The number of para-hydroxylation sites is 2. The van der Waals surface area contributed by atoms with Crippen LogP contribution in [0, 0.1) is 5.92 Å². The van der Waals surface area contributed by atoms with Gasteiger partial charge in [0.05, 0.1) is 0 Å². The number of nitrogens with zero attached hydrogens (tertiary/aromatic N) is 1. The Morgan fingerprint density at radius 2 is 1.45 bits per heavy atom. The predicted molar refractivity (Wildman–Crippen MR) is 115 cm³/mol. The van der Waals surface area contributed by atoms with E-state index in [1.165, 1.54) is 0 Å². The molecule has 2 amide bonds. The van der Waals surface area contributed by atoms with Crippen LogP contribution in [0.4, 0.5) is 17.1 Å². The molecule has 0 aliphatic rings. The fraction of sp³-hybridized carbons (Fsp3) is 0.167. The summed E-state index contributed by atoms with van der Waals surface area (Å²) in [7, 11) is 0. The highest BCUT2D eigenvalue weighted by Crippen LogP contribution is 2.25. The van der Waals surface area contributed by atoms with E-state index in [0.717, 1.165) is 11.4 Å². The van der Waals surface area contributed by atoms with Gasteiger partial charge >= 0.3 is 0 Å². The highest BCUT2D eigenvalue weighted by molar-refractivity contribution is 6.01. The molecule has 3 aromatic carbocycles. The minimum atomic E-state index is -0.195. The van der Waals surface area contributed by atoms with Gasteiger partial charge in [-0.05, 0) is 36.4 Å². The van der Waals surface area contributed by atoms with Crippen LogP contribution in [0.15, 0.2) is 84.9 Å². The second-order valence-corrected chi connectivity index (χ2v) is 6.86. The predicted octanol–water partition coefficient (Wildman–Crippen LogP) is 5.02. The van der Waals surface area contributed by atoms with Gasteiger partial charge in [-0.25, -0.2) is 0 Å². The zero-order valence-electron chi connectivity index (χ0n) is 16.5. The molecular weight excluding hydrogens is 364 g/mol. The normalized spacial score (nSPS) is 10.4. The van der Waals surface area contributed by atoms with Crippen LogP contribution in [0.5, 0.6) is 5.75 Å². The number of ether oxygens (including phenoxy) is 1. The van der Waals surface area contributed by atoms with E-state index < -0.39 is 0 Å². The van der Waals surface area contributed by atoms with Crippen molar-refractivity contribution in [2.24, 2.45) is 5.92 Å². The lowest BCUT2D eigenvalue weighted by Gasteiger charge is -2.23. The third-order valence-electron chi connectivity index (χ3n) is 4.27. The topological polar surface area (TPSA) is 58.6 Å². The lowest BCUT2D eigenvalue weighted by Crippen LogP contribution is -2.30. The second-order valence-electron chi connectivity index (χ2n) is 6.86. The Bertz CT molecular complexity index is 917. The third kappa shape index (κ3) is 5.45. The van der Waals surface area contributed by atoms with Crippen molar-refractivity contribution in [2.45, 2.75) is 13.8 Å². The molecule has 0 heterocycles. The highest BCUT2D eigenvalue weighted by atomic mass is 16.5. The smallest absolute Gasteiger partial charge is 0.269 e. The minimum Gasteiger partial charge on any atom is -0.484 e. The Morgan fingerprint density at radius 3 is 2.00 bits per heavy atom. The summed E-state index contributed by atoms with van der Waals surface area (Å²) in [5.74, 6) is 0.129. The molecule has 1 N–H and O–H groups in total. The number of hydrogen-bond donors (Lipinski definition) is 1. The van der Waals surface area contributed by atoms with Crippen molar-refractivity contribution < 1.29 is 14.3 Å². The van der Waals surface area contributed by atoms with E-state index in [1.807, 2.05) is 74.5 Å². The average Bonchev–Trinajstić information content (AvgIpc) is 2.74. The van der Waals surface area contributed by atoms with Gasteiger partial charge in [-0.2, -0.15) is 0 Å². The summed E-state index contributed by atoms with van der Waals surface area (Å²) < 4.78 is 5.73. The van der Waals surface area contributed by atoms with E-state index in [0.29, 0.717) is 11.4 Å². The first-order chi connectivity index (χ1) is 14.0. The van der Waals surface area contributed by atoms with E-state index in [-0.39, 0.29) is 24.3 Å². The highest BCUT2D eigenvalue weighted by Gasteiger charge is 2.18. The number of carbonyl (C=O) groups excluding carboxylic acids is 2. The van der Waals surface area contributed by atoms with Crippen LogP contribution < -0.4 is 15.0 Å². The number of anilines is 3. The monoisotopic (exact) mass is 388 g/mol. The van der Waals surface area contributed by atoms with Gasteiger partial charge in [0.1, 0.15) is 5.75 Å². The quantitative estimate of drug-likeness (QED) is 0.618. The lowest BCUT2D eigenvalue weighted by molar-refractivity contribution is -0.120. The van der Waals surface area contributed by atoms with Crippen molar-refractivity contribution in [1.29, 1.82) is 0 Å². The molecule has 0 unspecified atom stereocenters. The van der Waals surface area contributed by atoms with Crippen molar-refractivity contribution in [2.75, 3.05) is 16.8 Å². The Morgan fingerprint density at radius 1 is 0.862 bits per heavy atom. The molecule has 3 rings (SSSR count). The van der Waals surface area contributed by atoms with Crippen molar-refractivity contribution in [1.82, 2.24) is 0 Å².